The molecule has 0 unspecified atom stereocenters. The lowest BCUT2D eigenvalue weighted by atomic mass is 9.80. The quantitative estimate of drug-likeness (QED) is 0.640. The first-order valence-electron chi connectivity index (χ1n) is 10.4. The molecule has 3 aromatic rings. The van der Waals surface area contributed by atoms with E-state index in [2.05, 4.69) is 50.8 Å². The number of rotatable bonds is 7. The lowest BCUT2D eigenvalue weighted by molar-refractivity contribution is -0.131. The smallest absolute Gasteiger partial charge is 0.230 e. The largest absolute Gasteiger partial charge is 0.380 e. The van der Waals surface area contributed by atoms with Crippen LogP contribution in [0.25, 0.3) is 10.9 Å². The number of fused-ring (bicyclic) bond motifs is 2. The zero-order valence-electron chi connectivity index (χ0n) is 16.5. The van der Waals surface area contributed by atoms with Crippen LogP contribution in [0, 0.1) is 11.3 Å². The fourth-order valence-corrected chi connectivity index (χ4v) is 4.84. The second-order valence-corrected chi connectivity index (χ2v) is 8.24. The van der Waals surface area contributed by atoms with Gasteiger partial charge in [0.05, 0.1) is 25.2 Å². The van der Waals surface area contributed by atoms with Crippen molar-refractivity contribution in [3.8, 4) is 0 Å². The number of ether oxygens (including phenoxy) is 1. The fraction of sp³-hybridized carbons (Fsp3) is 0.455. The molecule has 0 radical (unpaired) electrons. The predicted octanol–water partition coefficient (Wildman–Crippen LogP) is 1.67. The number of benzene rings is 1. The van der Waals surface area contributed by atoms with Crippen LogP contribution in [0.3, 0.4) is 0 Å². The first-order valence-corrected chi connectivity index (χ1v) is 10.4. The first-order chi connectivity index (χ1) is 14.2. The highest BCUT2D eigenvalue weighted by molar-refractivity contribution is 5.84. The van der Waals surface area contributed by atoms with E-state index < -0.39 is 5.41 Å². The summed E-state index contributed by atoms with van der Waals surface area (Å²) in [6, 6.07) is 10.3. The number of hydrogen-bond acceptors (Lipinski definition) is 4. The number of nitrogens with one attached hydrogen (secondary N) is 2. The lowest BCUT2D eigenvalue weighted by Crippen LogP contribution is -2.47. The standard InChI is InChI=1S/C22H27N5O2/c28-21(23-8-11-27-9-3-7-25-27)22-15-26(13-18(22)14-29-16-22)10-6-17-12-24-20-5-2-1-4-19(17)20/h1-5,7,9,12,18,24H,6,8,10-11,13-16H2,(H,23,28)/t18-,22-/m0/s1. The summed E-state index contributed by atoms with van der Waals surface area (Å²) in [5, 5.41) is 8.61. The topological polar surface area (TPSA) is 75.2 Å². The Bertz CT molecular complexity index is 982. The summed E-state index contributed by atoms with van der Waals surface area (Å²) >= 11 is 0. The van der Waals surface area contributed by atoms with Crippen LogP contribution in [-0.2, 0) is 22.5 Å². The molecule has 2 atom stereocenters. The van der Waals surface area contributed by atoms with Gasteiger partial charge in [-0.15, -0.1) is 0 Å². The van der Waals surface area contributed by atoms with Crippen LogP contribution in [0.15, 0.2) is 48.9 Å². The van der Waals surface area contributed by atoms with Gasteiger partial charge in [-0.3, -0.25) is 9.48 Å². The van der Waals surface area contributed by atoms with Crippen molar-refractivity contribution >= 4 is 16.8 Å². The molecule has 7 heteroatoms. The summed E-state index contributed by atoms with van der Waals surface area (Å²) in [4.78, 5) is 18.9. The molecule has 0 aliphatic carbocycles. The van der Waals surface area contributed by atoms with E-state index in [0.29, 0.717) is 26.3 Å². The van der Waals surface area contributed by atoms with Crippen molar-refractivity contribution in [1.29, 1.82) is 0 Å². The molecule has 2 aliphatic heterocycles. The highest BCUT2D eigenvalue weighted by Crippen LogP contribution is 2.41. The van der Waals surface area contributed by atoms with Crippen molar-refractivity contribution in [2.45, 2.75) is 13.0 Å². The number of aromatic nitrogens is 3. The first kappa shape index (κ1) is 18.4. The van der Waals surface area contributed by atoms with Gasteiger partial charge in [0.1, 0.15) is 0 Å². The lowest BCUT2D eigenvalue weighted by Gasteiger charge is -2.26. The molecule has 5 rings (SSSR count). The fourth-order valence-electron chi connectivity index (χ4n) is 4.84. The van der Waals surface area contributed by atoms with Crippen molar-refractivity contribution in [2.75, 3.05) is 39.4 Å². The average Bonchev–Trinajstić information content (AvgIpc) is 3.49. The van der Waals surface area contributed by atoms with Gasteiger partial charge in [-0.25, -0.2) is 0 Å². The molecule has 7 nitrogen and oxygen atoms in total. The van der Waals surface area contributed by atoms with Gasteiger partial charge < -0.3 is 19.9 Å². The minimum absolute atomic E-state index is 0.127. The van der Waals surface area contributed by atoms with E-state index in [1.165, 1.54) is 16.5 Å². The monoisotopic (exact) mass is 393 g/mol. The maximum atomic E-state index is 13.1. The van der Waals surface area contributed by atoms with E-state index in [1.807, 2.05) is 16.9 Å². The molecule has 0 bridgehead atoms. The third kappa shape index (κ3) is 3.45. The normalized spacial score (nSPS) is 24.2. The molecular weight excluding hydrogens is 366 g/mol. The van der Waals surface area contributed by atoms with Crippen molar-refractivity contribution in [1.82, 2.24) is 25.0 Å². The highest BCUT2D eigenvalue weighted by Gasteiger charge is 2.55. The van der Waals surface area contributed by atoms with E-state index in [-0.39, 0.29) is 11.8 Å². The molecule has 1 aromatic carbocycles. The Hall–Kier alpha value is -2.64. The number of aromatic amines is 1. The molecular formula is C22H27N5O2. The average molecular weight is 393 g/mol. The van der Waals surface area contributed by atoms with Crippen LogP contribution >= 0.6 is 0 Å². The number of para-hydroxylation sites is 1. The van der Waals surface area contributed by atoms with E-state index in [0.717, 1.165) is 26.1 Å². The van der Waals surface area contributed by atoms with E-state index >= 15 is 0 Å². The molecule has 2 saturated heterocycles. The van der Waals surface area contributed by atoms with Gasteiger partial charge in [0.2, 0.25) is 5.91 Å². The Kier molecular flexibility index (Phi) is 4.85. The number of hydrogen-bond donors (Lipinski definition) is 2. The highest BCUT2D eigenvalue weighted by atomic mass is 16.5. The Labute approximate surface area is 170 Å². The van der Waals surface area contributed by atoms with Crippen LogP contribution in [0.5, 0.6) is 0 Å². The summed E-state index contributed by atoms with van der Waals surface area (Å²) in [6.07, 6.45) is 6.76. The van der Waals surface area contributed by atoms with Crippen molar-refractivity contribution in [2.24, 2.45) is 11.3 Å². The van der Waals surface area contributed by atoms with Gasteiger partial charge in [0.25, 0.3) is 0 Å². The molecule has 2 fully saturated rings. The second-order valence-electron chi connectivity index (χ2n) is 8.24. The van der Waals surface area contributed by atoms with E-state index in [1.54, 1.807) is 6.20 Å². The van der Waals surface area contributed by atoms with Gasteiger partial charge in [0.15, 0.2) is 0 Å². The summed E-state index contributed by atoms with van der Waals surface area (Å²) in [6.45, 7) is 5.13. The molecule has 1 amide bonds. The molecule has 152 valence electrons. The van der Waals surface area contributed by atoms with E-state index in [4.69, 9.17) is 4.74 Å². The summed E-state index contributed by atoms with van der Waals surface area (Å²) < 4.78 is 7.57. The minimum atomic E-state index is -0.412. The number of carbonyl (C=O) groups is 1. The Morgan fingerprint density at radius 1 is 1.31 bits per heavy atom. The van der Waals surface area contributed by atoms with Crippen molar-refractivity contribution < 1.29 is 9.53 Å². The SMILES string of the molecule is O=C(NCCn1cccn1)[C@@]12COC[C@@H]1CN(CCc1c[nH]c3ccccc13)C2. The van der Waals surface area contributed by atoms with Gasteiger partial charge >= 0.3 is 0 Å². The third-order valence-corrected chi connectivity index (χ3v) is 6.45. The number of nitrogens with zero attached hydrogens (tertiary/aromatic N) is 3. The predicted molar refractivity (Wildman–Crippen MR) is 110 cm³/mol. The number of amides is 1. The summed E-state index contributed by atoms with van der Waals surface area (Å²) in [5.41, 5.74) is 2.11. The molecule has 0 spiro atoms. The van der Waals surface area contributed by atoms with Gasteiger partial charge in [0, 0.05) is 61.6 Å². The zero-order chi connectivity index (χ0) is 19.7. The molecule has 2 aliphatic rings. The number of H-pyrrole nitrogens is 1. The zero-order valence-corrected chi connectivity index (χ0v) is 16.5. The maximum Gasteiger partial charge on any atom is 0.230 e. The van der Waals surface area contributed by atoms with Crippen molar-refractivity contribution in [3.63, 3.8) is 0 Å². The Morgan fingerprint density at radius 2 is 2.24 bits per heavy atom. The van der Waals surface area contributed by atoms with Gasteiger partial charge in [-0.05, 0) is 24.1 Å². The van der Waals surface area contributed by atoms with E-state index in [9.17, 15) is 4.79 Å². The maximum absolute atomic E-state index is 13.1. The van der Waals surface area contributed by atoms with Gasteiger partial charge in [-0.2, -0.15) is 5.10 Å². The van der Waals surface area contributed by atoms with Crippen LogP contribution in [0.4, 0.5) is 0 Å². The van der Waals surface area contributed by atoms with Gasteiger partial charge in [-0.1, -0.05) is 18.2 Å². The molecule has 2 N–H and O–H groups in total. The summed E-state index contributed by atoms with van der Waals surface area (Å²) in [7, 11) is 0. The second kappa shape index (κ2) is 7.65. The number of carbonyl (C=O) groups excluding carboxylic acids is 1. The minimum Gasteiger partial charge on any atom is -0.380 e. The molecule has 0 saturated carbocycles. The number of likely N-dealkylation sites (tertiary alicyclic amines) is 1. The third-order valence-electron chi connectivity index (χ3n) is 6.45. The molecule has 29 heavy (non-hydrogen) atoms. The van der Waals surface area contributed by atoms with Crippen molar-refractivity contribution in [3.05, 3.63) is 54.5 Å². The molecule has 4 heterocycles. The van der Waals surface area contributed by atoms with Crippen LogP contribution < -0.4 is 5.32 Å². The van der Waals surface area contributed by atoms with Crippen LogP contribution in [-0.4, -0.2) is 65.0 Å². The Morgan fingerprint density at radius 3 is 3.14 bits per heavy atom. The molecule has 2 aromatic heterocycles. The van der Waals surface area contributed by atoms with Crippen LogP contribution in [0.1, 0.15) is 5.56 Å². The van der Waals surface area contributed by atoms with Crippen LogP contribution in [0.2, 0.25) is 0 Å². The Balaban J connectivity index is 1.20. The summed E-state index contributed by atoms with van der Waals surface area (Å²) in [5.74, 6) is 0.400.